The van der Waals surface area contributed by atoms with Gasteiger partial charge in [-0.05, 0) is 72.5 Å². The highest BCUT2D eigenvalue weighted by molar-refractivity contribution is 7.25. The topological polar surface area (TPSA) is 43.7 Å². The fourth-order valence-corrected chi connectivity index (χ4v) is 10.7. The number of fused-ring (bicyclic) bond motifs is 9. The number of rotatable bonds is 4. The van der Waals surface area contributed by atoms with Gasteiger partial charge in [0.1, 0.15) is 10.8 Å². The average Bonchev–Trinajstić information content (AvgIpc) is 3.95. The van der Waals surface area contributed by atoms with E-state index < -0.39 is 0 Å². The number of benzene rings is 4. The first-order valence-electron chi connectivity index (χ1n) is 18.6. The molecular formula is C44H37B2N7S. The molecule has 0 N–H and O–H groups in total. The Balaban J connectivity index is 1.02. The summed E-state index contributed by atoms with van der Waals surface area (Å²) >= 11 is 1.86. The number of nitrogens with zero attached hydrogens (tertiary/aromatic N) is 7. The van der Waals surface area contributed by atoms with Gasteiger partial charge in [-0.3, -0.25) is 9.97 Å². The van der Waals surface area contributed by atoms with E-state index in [1.807, 2.05) is 11.3 Å². The molecule has 0 fully saturated rings. The third-order valence-corrected chi connectivity index (χ3v) is 13.3. The molecule has 0 saturated carbocycles. The monoisotopic (exact) mass is 717 g/mol. The summed E-state index contributed by atoms with van der Waals surface area (Å²) in [5.41, 5.74) is 12.4. The van der Waals surface area contributed by atoms with E-state index in [9.17, 15) is 0 Å². The van der Waals surface area contributed by atoms with Crippen molar-refractivity contribution in [3.05, 3.63) is 145 Å². The van der Waals surface area contributed by atoms with Crippen LogP contribution >= 0.6 is 11.3 Å². The summed E-state index contributed by atoms with van der Waals surface area (Å²) in [5, 5.41) is 3.80. The van der Waals surface area contributed by atoms with Crippen molar-refractivity contribution in [3.63, 3.8) is 0 Å². The highest BCUT2D eigenvalue weighted by Gasteiger charge is 2.48. The molecule has 0 atom stereocenters. The number of aromatic nitrogens is 3. The molecule has 54 heavy (non-hydrogen) atoms. The van der Waals surface area contributed by atoms with E-state index in [0.717, 1.165) is 22.5 Å². The third kappa shape index (κ3) is 4.14. The van der Waals surface area contributed by atoms with Crippen LogP contribution in [0, 0.1) is 0 Å². The molecule has 1 aliphatic carbocycles. The summed E-state index contributed by atoms with van der Waals surface area (Å²) in [7, 11) is 6.61. The number of thiophene rings is 1. The van der Waals surface area contributed by atoms with Gasteiger partial charge in [-0.2, -0.15) is 0 Å². The summed E-state index contributed by atoms with van der Waals surface area (Å²) in [6.07, 6.45) is 4.16. The lowest BCUT2D eigenvalue weighted by atomic mass is 9.64. The van der Waals surface area contributed by atoms with Gasteiger partial charge in [0, 0.05) is 51.7 Å². The molecule has 0 amide bonds. The van der Waals surface area contributed by atoms with Crippen LogP contribution < -0.4 is 30.2 Å². The van der Waals surface area contributed by atoms with E-state index in [4.69, 9.17) is 9.97 Å². The quantitative estimate of drug-likeness (QED) is 0.170. The molecule has 0 bridgehead atoms. The van der Waals surface area contributed by atoms with Crippen molar-refractivity contribution in [3.8, 4) is 11.4 Å². The Kier molecular flexibility index (Phi) is 6.57. The summed E-state index contributed by atoms with van der Waals surface area (Å²) in [4.78, 5) is 20.3. The van der Waals surface area contributed by atoms with E-state index in [0.29, 0.717) is 0 Å². The van der Waals surface area contributed by atoms with E-state index in [-0.39, 0.29) is 19.4 Å². The lowest BCUT2D eigenvalue weighted by molar-refractivity contribution is 0.659. The van der Waals surface area contributed by atoms with Crippen molar-refractivity contribution in [1.29, 1.82) is 0 Å². The van der Waals surface area contributed by atoms with Gasteiger partial charge in [0.05, 0.1) is 28.3 Å². The summed E-state index contributed by atoms with van der Waals surface area (Å²) < 4.78 is 3.63. The molecule has 0 saturated heterocycles. The molecule has 3 aliphatic rings. The van der Waals surface area contributed by atoms with E-state index >= 15 is 0 Å². The molecule has 260 valence electrons. The van der Waals surface area contributed by atoms with E-state index in [1.54, 1.807) is 0 Å². The molecule has 0 radical (unpaired) electrons. The van der Waals surface area contributed by atoms with E-state index in [2.05, 4.69) is 193 Å². The Morgan fingerprint density at radius 2 is 1.09 bits per heavy atom. The zero-order chi connectivity index (χ0) is 36.5. The third-order valence-electron chi connectivity index (χ3n) is 12.0. The highest BCUT2D eigenvalue weighted by Crippen LogP contribution is 2.53. The lowest BCUT2D eigenvalue weighted by Gasteiger charge is -2.30. The molecular weight excluding hydrogens is 680 g/mol. The van der Waals surface area contributed by atoms with Gasteiger partial charge in [0.2, 0.25) is 0 Å². The summed E-state index contributed by atoms with van der Waals surface area (Å²) in [6.45, 7) is 4.55. The average molecular weight is 718 g/mol. The molecule has 7 nitrogen and oxygen atoms in total. The molecule has 10 heteroatoms. The van der Waals surface area contributed by atoms with Gasteiger partial charge < -0.3 is 23.8 Å². The van der Waals surface area contributed by atoms with Crippen molar-refractivity contribution < 1.29 is 0 Å². The first-order valence-corrected chi connectivity index (χ1v) is 19.4. The van der Waals surface area contributed by atoms with Crippen LogP contribution in [0.2, 0.25) is 0 Å². The number of anilines is 6. The van der Waals surface area contributed by atoms with Gasteiger partial charge in [-0.1, -0.05) is 98.8 Å². The Hall–Kier alpha value is -5.99. The van der Waals surface area contributed by atoms with Crippen LogP contribution in [0.5, 0.6) is 0 Å². The molecule has 8 aromatic rings. The Morgan fingerprint density at radius 1 is 0.574 bits per heavy atom. The molecule has 11 rings (SSSR count). The van der Waals surface area contributed by atoms with Gasteiger partial charge in [-0.15, -0.1) is 11.3 Å². The van der Waals surface area contributed by atoms with Crippen molar-refractivity contribution in [2.24, 2.45) is 7.05 Å². The predicted molar refractivity (Wildman–Crippen MR) is 229 cm³/mol. The Morgan fingerprint density at radius 3 is 1.72 bits per heavy atom. The maximum Gasteiger partial charge on any atom is 0.418 e. The summed E-state index contributed by atoms with van der Waals surface area (Å²) in [5.74, 6) is 1.20. The van der Waals surface area contributed by atoms with Gasteiger partial charge in [0.25, 0.3) is 0 Å². The molecule has 4 aromatic heterocycles. The standard InChI is InChI=1S/C44H37B2N7S/c1-44(2)34-24-28(45-50(4)42-40(52(45)30-16-8-6-9-17-30)32-20-12-14-22-36(32)49(42)3)26-47-38(34)39-35(44)25-29(27-48-39)46-51(5)43-41(33-21-13-15-23-37(33)54-43)53(46)31-18-10-7-11-19-31/h6-27H,1-5H3. The van der Waals surface area contributed by atoms with Crippen LogP contribution in [-0.4, -0.2) is 42.6 Å². The second kappa shape index (κ2) is 11.3. The number of pyridine rings is 2. The van der Waals surface area contributed by atoms with Crippen LogP contribution in [0.15, 0.2) is 134 Å². The first kappa shape index (κ1) is 31.5. The molecule has 0 unspecified atom stereocenters. The number of hydrogen-bond acceptors (Lipinski definition) is 7. The number of aryl methyl sites for hydroxylation is 1. The molecule has 6 heterocycles. The SMILES string of the molecule is CN1B(c2cnc3c(c2)C(C)(C)c2cc(B4N(C)c5c(c6ccccc6n5C)N4c4ccccc4)cnc2-3)N(c2ccccc2)c2c1sc1ccccc21. The van der Waals surface area contributed by atoms with Crippen molar-refractivity contribution in [1.82, 2.24) is 14.5 Å². The van der Waals surface area contributed by atoms with Crippen LogP contribution in [0.4, 0.5) is 33.6 Å². The van der Waals surface area contributed by atoms with Gasteiger partial charge >= 0.3 is 14.0 Å². The molecule has 0 spiro atoms. The Labute approximate surface area is 320 Å². The van der Waals surface area contributed by atoms with Gasteiger partial charge in [0.15, 0.2) is 0 Å². The minimum absolute atomic E-state index is 0.0426. The first-order chi connectivity index (χ1) is 26.3. The van der Waals surface area contributed by atoms with Crippen molar-refractivity contribution in [2.75, 3.05) is 33.3 Å². The van der Waals surface area contributed by atoms with E-state index in [1.165, 1.54) is 65.5 Å². The number of hydrogen-bond donors (Lipinski definition) is 0. The molecule has 2 aliphatic heterocycles. The zero-order valence-corrected chi connectivity index (χ0v) is 31.7. The summed E-state index contributed by atoms with van der Waals surface area (Å²) in [6, 6.07) is 43.8. The predicted octanol–water partition coefficient (Wildman–Crippen LogP) is 8.46. The van der Waals surface area contributed by atoms with Crippen LogP contribution in [0.1, 0.15) is 25.0 Å². The largest absolute Gasteiger partial charge is 0.418 e. The second-order valence-corrected chi connectivity index (χ2v) is 16.4. The smallest absolute Gasteiger partial charge is 0.385 e. The highest BCUT2D eigenvalue weighted by atomic mass is 32.1. The minimum Gasteiger partial charge on any atom is -0.385 e. The van der Waals surface area contributed by atoms with Crippen LogP contribution in [0.3, 0.4) is 0 Å². The van der Waals surface area contributed by atoms with Gasteiger partial charge in [-0.25, -0.2) is 0 Å². The lowest BCUT2D eigenvalue weighted by Crippen LogP contribution is -2.54. The Bertz CT molecular complexity index is 2800. The van der Waals surface area contributed by atoms with Crippen molar-refractivity contribution in [2.45, 2.75) is 19.3 Å². The number of para-hydroxylation sites is 3. The minimum atomic E-state index is -0.308. The van der Waals surface area contributed by atoms with Crippen LogP contribution in [0.25, 0.3) is 32.4 Å². The normalized spacial score (nSPS) is 15.4. The maximum atomic E-state index is 5.26. The van der Waals surface area contributed by atoms with Crippen LogP contribution in [-0.2, 0) is 12.5 Å². The fraction of sp³-hybridized carbons (Fsp3) is 0.136. The maximum absolute atomic E-state index is 5.26. The van der Waals surface area contributed by atoms with Crippen molar-refractivity contribution >= 4 is 90.8 Å². The fourth-order valence-electron chi connectivity index (χ4n) is 9.49. The molecule has 4 aromatic carbocycles. The zero-order valence-electron chi connectivity index (χ0n) is 30.9. The second-order valence-electron chi connectivity index (χ2n) is 15.3.